The lowest BCUT2D eigenvalue weighted by Gasteiger charge is -2.05. The van der Waals surface area contributed by atoms with E-state index < -0.39 is 21.5 Å². The van der Waals surface area contributed by atoms with Gasteiger partial charge in [0.25, 0.3) is 0 Å². The summed E-state index contributed by atoms with van der Waals surface area (Å²) in [4.78, 5) is 16.6. The number of hydrogen-bond donors (Lipinski definition) is 1. The number of rotatable bonds is 5. The molecule has 0 aliphatic rings. The van der Waals surface area contributed by atoms with Crippen LogP contribution < -0.4 is 5.32 Å². The fourth-order valence-electron chi connectivity index (χ4n) is 2.52. The highest BCUT2D eigenvalue weighted by atomic mass is 35.5. The summed E-state index contributed by atoms with van der Waals surface area (Å²) >= 11 is 7.02. The summed E-state index contributed by atoms with van der Waals surface area (Å²) in [6.45, 7) is 3.99. The number of hydrogen-bond acceptors (Lipinski definition) is 5. The number of benzene rings is 2. The van der Waals surface area contributed by atoms with E-state index in [0.717, 1.165) is 22.4 Å². The summed E-state index contributed by atoms with van der Waals surface area (Å²) in [5.74, 6) is -1.29. The minimum Gasteiger partial charge on any atom is -0.301 e. The van der Waals surface area contributed by atoms with Gasteiger partial charge in [-0.1, -0.05) is 29.3 Å². The van der Waals surface area contributed by atoms with E-state index in [0.29, 0.717) is 10.2 Å². The molecular formula is C19H17ClN2O3S2. The summed E-state index contributed by atoms with van der Waals surface area (Å²) in [5.41, 5.74) is 3.93. The number of nitrogens with one attached hydrogen (secondary N) is 1. The number of halogens is 1. The van der Waals surface area contributed by atoms with Gasteiger partial charge in [-0.2, -0.15) is 0 Å². The molecule has 0 fully saturated rings. The molecule has 0 bridgehead atoms. The first kappa shape index (κ1) is 19.5. The van der Waals surface area contributed by atoms with E-state index in [2.05, 4.69) is 10.3 Å². The molecule has 1 amide bonds. The molecule has 140 valence electrons. The van der Waals surface area contributed by atoms with Crippen LogP contribution in [0.25, 0.3) is 11.3 Å². The average molecular weight is 421 g/mol. The molecule has 27 heavy (non-hydrogen) atoms. The second-order valence-electron chi connectivity index (χ2n) is 6.12. The Morgan fingerprint density at radius 3 is 2.56 bits per heavy atom. The van der Waals surface area contributed by atoms with Crippen LogP contribution in [0.1, 0.15) is 11.1 Å². The lowest BCUT2D eigenvalue weighted by atomic mass is 10.0. The van der Waals surface area contributed by atoms with Crippen molar-refractivity contribution in [2.75, 3.05) is 11.1 Å². The molecule has 0 spiro atoms. The van der Waals surface area contributed by atoms with Crippen molar-refractivity contribution in [1.82, 2.24) is 4.98 Å². The molecule has 3 rings (SSSR count). The van der Waals surface area contributed by atoms with Gasteiger partial charge in [-0.15, -0.1) is 11.3 Å². The lowest BCUT2D eigenvalue weighted by molar-refractivity contribution is -0.113. The molecule has 0 saturated carbocycles. The summed E-state index contributed by atoms with van der Waals surface area (Å²) in [6, 6.07) is 11.8. The number of carbonyl (C=O) groups excluding carboxylic acids is 1. The van der Waals surface area contributed by atoms with Gasteiger partial charge < -0.3 is 5.32 Å². The fraction of sp³-hybridized carbons (Fsp3) is 0.158. The number of carbonyl (C=O) groups is 1. The van der Waals surface area contributed by atoms with E-state index in [1.165, 1.54) is 35.6 Å². The molecule has 1 heterocycles. The van der Waals surface area contributed by atoms with Crippen LogP contribution in [0.3, 0.4) is 0 Å². The van der Waals surface area contributed by atoms with E-state index >= 15 is 0 Å². The number of anilines is 1. The zero-order chi connectivity index (χ0) is 19.6. The smallest absolute Gasteiger partial charge is 0.241 e. The quantitative estimate of drug-likeness (QED) is 0.659. The molecule has 2 aromatic carbocycles. The summed E-state index contributed by atoms with van der Waals surface area (Å²) < 4.78 is 24.7. The van der Waals surface area contributed by atoms with Crippen LogP contribution in [0.4, 0.5) is 5.13 Å². The van der Waals surface area contributed by atoms with Gasteiger partial charge in [-0.05, 0) is 49.7 Å². The SMILES string of the molecule is Cc1ccc(C)c(-c2csc(NC(=O)CS(=O)(=O)c3ccc(Cl)cc3)n2)c1. The number of sulfone groups is 1. The number of nitrogens with zero attached hydrogens (tertiary/aromatic N) is 1. The van der Waals surface area contributed by atoms with Crippen molar-refractivity contribution < 1.29 is 13.2 Å². The van der Waals surface area contributed by atoms with Crippen LogP contribution in [0.15, 0.2) is 52.7 Å². The average Bonchev–Trinajstić information content (AvgIpc) is 3.05. The number of aryl methyl sites for hydroxylation is 2. The van der Waals surface area contributed by atoms with Crippen LogP contribution in [0, 0.1) is 13.8 Å². The Morgan fingerprint density at radius 2 is 1.85 bits per heavy atom. The zero-order valence-corrected chi connectivity index (χ0v) is 17.1. The highest BCUT2D eigenvalue weighted by Crippen LogP contribution is 2.28. The lowest BCUT2D eigenvalue weighted by Crippen LogP contribution is -2.22. The van der Waals surface area contributed by atoms with Crippen molar-refractivity contribution in [2.45, 2.75) is 18.7 Å². The third kappa shape index (κ3) is 4.74. The Bertz CT molecular complexity index is 1090. The first-order valence-electron chi connectivity index (χ1n) is 8.06. The van der Waals surface area contributed by atoms with Crippen molar-refractivity contribution in [3.05, 3.63) is 64.0 Å². The highest BCUT2D eigenvalue weighted by molar-refractivity contribution is 7.92. The minimum atomic E-state index is -3.75. The van der Waals surface area contributed by atoms with Gasteiger partial charge in [-0.3, -0.25) is 4.79 Å². The molecule has 0 radical (unpaired) electrons. The summed E-state index contributed by atoms with van der Waals surface area (Å²) in [7, 11) is -3.75. The van der Waals surface area contributed by atoms with Crippen LogP contribution >= 0.6 is 22.9 Å². The molecular weight excluding hydrogens is 404 g/mol. The van der Waals surface area contributed by atoms with Gasteiger partial charge in [0.2, 0.25) is 5.91 Å². The Balaban J connectivity index is 1.73. The topological polar surface area (TPSA) is 76.1 Å². The minimum absolute atomic E-state index is 0.0530. The molecule has 8 heteroatoms. The maximum atomic E-state index is 12.3. The monoisotopic (exact) mass is 420 g/mol. The third-order valence-corrected chi connectivity index (χ3v) is 6.56. The largest absolute Gasteiger partial charge is 0.301 e. The number of aromatic nitrogens is 1. The summed E-state index contributed by atoms with van der Waals surface area (Å²) in [5, 5.41) is 5.20. The third-order valence-electron chi connectivity index (χ3n) is 3.91. The number of amides is 1. The van der Waals surface area contributed by atoms with Crippen molar-refractivity contribution in [3.8, 4) is 11.3 Å². The van der Waals surface area contributed by atoms with Crippen LogP contribution in [0.2, 0.25) is 5.02 Å². The zero-order valence-electron chi connectivity index (χ0n) is 14.7. The predicted molar refractivity (Wildman–Crippen MR) is 109 cm³/mol. The van der Waals surface area contributed by atoms with Gasteiger partial charge in [0.1, 0.15) is 5.75 Å². The summed E-state index contributed by atoms with van der Waals surface area (Å²) in [6.07, 6.45) is 0. The molecule has 1 N–H and O–H groups in total. The Morgan fingerprint density at radius 1 is 1.15 bits per heavy atom. The van der Waals surface area contributed by atoms with Gasteiger partial charge in [0.15, 0.2) is 15.0 Å². The first-order valence-corrected chi connectivity index (χ1v) is 11.0. The number of thiazole rings is 1. The molecule has 3 aromatic rings. The van der Waals surface area contributed by atoms with Crippen LogP contribution in [0.5, 0.6) is 0 Å². The van der Waals surface area contributed by atoms with Crippen molar-refractivity contribution in [2.24, 2.45) is 0 Å². The van der Waals surface area contributed by atoms with Gasteiger partial charge in [0.05, 0.1) is 10.6 Å². The van der Waals surface area contributed by atoms with E-state index in [4.69, 9.17) is 11.6 Å². The molecule has 0 aliphatic carbocycles. The van der Waals surface area contributed by atoms with Crippen LogP contribution in [-0.4, -0.2) is 25.1 Å². The maximum absolute atomic E-state index is 12.3. The molecule has 0 aliphatic heterocycles. The second kappa shape index (κ2) is 7.80. The Hall–Kier alpha value is -2.22. The standard InChI is InChI=1S/C19H17ClN2O3S2/c1-12-3-4-13(2)16(9-12)17-10-26-19(21-17)22-18(23)11-27(24,25)15-7-5-14(20)6-8-15/h3-10H,11H2,1-2H3,(H,21,22,23). The normalized spacial score (nSPS) is 11.4. The molecule has 0 unspecified atom stereocenters. The molecule has 0 saturated heterocycles. The van der Waals surface area contributed by atoms with Crippen LogP contribution in [-0.2, 0) is 14.6 Å². The maximum Gasteiger partial charge on any atom is 0.241 e. The first-order chi connectivity index (χ1) is 12.7. The van der Waals surface area contributed by atoms with Crippen molar-refractivity contribution >= 4 is 43.8 Å². The fourth-order valence-corrected chi connectivity index (χ4v) is 4.51. The predicted octanol–water partition coefficient (Wildman–Crippen LogP) is 4.49. The highest BCUT2D eigenvalue weighted by Gasteiger charge is 2.20. The Labute approximate surface area is 167 Å². The van der Waals surface area contributed by atoms with E-state index in [1.54, 1.807) is 0 Å². The van der Waals surface area contributed by atoms with Crippen molar-refractivity contribution in [3.63, 3.8) is 0 Å². The Kier molecular flexibility index (Phi) is 5.64. The van der Waals surface area contributed by atoms with Gasteiger partial charge in [0, 0.05) is 16.0 Å². The molecule has 0 atom stereocenters. The van der Waals surface area contributed by atoms with E-state index in [1.807, 2.05) is 37.4 Å². The van der Waals surface area contributed by atoms with E-state index in [-0.39, 0.29) is 4.90 Å². The molecule has 1 aromatic heterocycles. The van der Waals surface area contributed by atoms with Gasteiger partial charge >= 0.3 is 0 Å². The van der Waals surface area contributed by atoms with E-state index in [9.17, 15) is 13.2 Å². The van der Waals surface area contributed by atoms with Gasteiger partial charge in [-0.25, -0.2) is 13.4 Å². The molecule has 5 nitrogen and oxygen atoms in total. The van der Waals surface area contributed by atoms with Crippen molar-refractivity contribution in [1.29, 1.82) is 0 Å². The second-order valence-corrected chi connectivity index (χ2v) is 9.40.